The fourth-order valence-corrected chi connectivity index (χ4v) is 1.20. The van der Waals surface area contributed by atoms with E-state index in [1.807, 2.05) is 0 Å². The highest BCUT2D eigenvalue weighted by Gasteiger charge is 2.08. The molecule has 1 aromatic carbocycles. The Balaban J connectivity index is 2.57. The van der Waals surface area contributed by atoms with Gasteiger partial charge in [-0.05, 0) is 18.2 Å². The average Bonchev–Trinajstić information content (AvgIpc) is 2.61. The number of hydrogen-bond donors (Lipinski definition) is 1. The normalized spacial score (nSPS) is 10.2. The molecular weight excluding hydrogens is 190 g/mol. The second-order valence-corrected chi connectivity index (χ2v) is 2.89. The molecule has 0 radical (unpaired) electrons. The van der Waals surface area contributed by atoms with Gasteiger partial charge in [-0.1, -0.05) is 11.6 Å². The second kappa shape index (κ2) is 3.06. The summed E-state index contributed by atoms with van der Waals surface area (Å²) in [5, 5.41) is 7.83. The number of hydrogen-bond acceptors (Lipinski definition) is 4. The number of nitrogen functional groups attached to an aromatic ring is 1. The van der Waals surface area contributed by atoms with Crippen molar-refractivity contribution in [3.8, 4) is 11.5 Å². The van der Waals surface area contributed by atoms with Gasteiger partial charge in [0.05, 0.1) is 10.6 Å². The lowest BCUT2D eigenvalue weighted by Crippen LogP contribution is -1.86. The van der Waals surface area contributed by atoms with Crippen molar-refractivity contribution in [2.45, 2.75) is 0 Å². The van der Waals surface area contributed by atoms with Crippen molar-refractivity contribution in [3.63, 3.8) is 0 Å². The van der Waals surface area contributed by atoms with Crippen molar-refractivity contribution in [3.05, 3.63) is 29.6 Å². The van der Waals surface area contributed by atoms with Crippen LogP contribution in [0, 0.1) is 0 Å². The summed E-state index contributed by atoms with van der Waals surface area (Å²) in [6, 6.07) is 5.09. The van der Waals surface area contributed by atoms with Crippen LogP contribution >= 0.6 is 11.6 Å². The summed E-state index contributed by atoms with van der Waals surface area (Å²) in [5.74, 6) is 0.373. The predicted octanol–water partition coefficient (Wildman–Crippen LogP) is 1.97. The van der Waals surface area contributed by atoms with Crippen LogP contribution in [0.25, 0.3) is 11.5 Å². The van der Waals surface area contributed by atoms with E-state index in [0.717, 1.165) is 0 Å². The van der Waals surface area contributed by atoms with Crippen molar-refractivity contribution in [1.82, 2.24) is 10.2 Å². The van der Waals surface area contributed by atoms with Gasteiger partial charge in [0.15, 0.2) is 0 Å². The molecule has 0 fully saturated rings. The van der Waals surface area contributed by atoms with Crippen molar-refractivity contribution in [1.29, 1.82) is 0 Å². The molecule has 0 unspecified atom stereocenters. The molecular formula is C8H6ClN3O. The van der Waals surface area contributed by atoms with Crippen molar-refractivity contribution >= 4 is 17.3 Å². The lowest BCUT2D eigenvalue weighted by atomic mass is 10.2. The van der Waals surface area contributed by atoms with Crippen LogP contribution in [0.1, 0.15) is 0 Å². The Bertz CT molecular complexity index is 413. The fourth-order valence-electron chi connectivity index (χ4n) is 0.997. The summed E-state index contributed by atoms with van der Waals surface area (Å²) in [7, 11) is 0. The highest BCUT2D eigenvalue weighted by Crippen LogP contribution is 2.27. The minimum absolute atomic E-state index is 0.373. The molecule has 1 heterocycles. The predicted molar refractivity (Wildman–Crippen MR) is 49.2 cm³/mol. The molecule has 5 heteroatoms. The van der Waals surface area contributed by atoms with Gasteiger partial charge in [0.25, 0.3) is 0 Å². The number of aromatic nitrogens is 2. The Labute approximate surface area is 79.3 Å². The molecule has 0 aliphatic carbocycles. The van der Waals surface area contributed by atoms with Gasteiger partial charge in [0.1, 0.15) is 0 Å². The molecule has 66 valence electrons. The van der Waals surface area contributed by atoms with Crippen molar-refractivity contribution in [2.75, 3.05) is 5.73 Å². The third-order valence-corrected chi connectivity index (χ3v) is 1.91. The van der Waals surface area contributed by atoms with Gasteiger partial charge >= 0.3 is 0 Å². The number of anilines is 1. The molecule has 2 aromatic rings. The molecule has 0 aliphatic rings. The third kappa shape index (κ3) is 1.48. The smallest absolute Gasteiger partial charge is 0.249 e. The van der Waals surface area contributed by atoms with Gasteiger partial charge in [-0.2, -0.15) is 0 Å². The summed E-state index contributed by atoms with van der Waals surface area (Å²) in [5.41, 5.74) is 6.85. The molecule has 0 atom stereocenters. The summed E-state index contributed by atoms with van der Waals surface area (Å²) in [6.45, 7) is 0. The molecule has 0 spiro atoms. The molecule has 0 amide bonds. The summed E-state index contributed by atoms with van der Waals surface area (Å²) < 4.78 is 4.99. The Morgan fingerprint density at radius 1 is 1.38 bits per heavy atom. The quantitative estimate of drug-likeness (QED) is 0.707. The van der Waals surface area contributed by atoms with E-state index in [-0.39, 0.29) is 0 Å². The van der Waals surface area contributed by atoms with E-state index in [1.165, 1.54) is 6.39 Å². The Morgan fingerprint density at radius 2 is 2.23 bits per heavy atom. The lowest BCUT2D eigenvalue weighted by molar-refractivity contribution is 0.568. The first kappa shape index (κ1) is 8.07. The topological polar surface area (TPSA) is 64.9 Å². The molecule has 2 rings (SSSR count). The summed E-state index contributed by atoms with van der Waals surface area (Å²) >= 11 is 5.90. The van der Waals surface area contributed by atoms with E-state index in [1.54, 1.807) is 18.2 Å². The monoisotopic (exact) mass is 195 g/mol. The molecule has 0 aliphatic heterocycles. The number of halogens is 1. The third-order valence-electron chi connectivity index (χ3n) is 1.58. The molecule has 13 heavy (non-hydrogen) atoms. The molecule has 4 nitrogen and oxygen atoms in total. The van der Waals surface area contributed by atoms with Gasteiger partial charge in [-0.15, -0.1) is 10.2 Å². The minimum Gasteiger partial charge on any atom is -0.423 e. The van der Waals surface area contributed by atoms with Crippen LogP contribution in [0.4, 0.5) is 5.69 Å². The first-order valence-electron chi connectivity index (χ1n) is 3.59. The lowest BCUT2D eigenvalue weighted by Gasteiger charge is -1.99. The Kier molecular flexibility index (Phi) is 1.90. The van der Waals surface area contributed by atoms with Gasteiger partial charge in [-0.25, -0.2) is 0 Å². The van der Waals surface area contributed by atoms with Gasteiger partial charge in [0, 0.05) is 5.69 Å². The maximum absolute atomic E-state index is 5.90. The number of benzene rings is 1. The van der Waals surface area contributed by atoms with E-state index >= 15 is 0 Å². The number of nitrogens with two attached hydrogens (primary N) is 1. The van der Waals surface area contributed by atoms with Crippen molar-refractivity contribution in [2.24, 2.45) is 0 Å². The largest absolute Gasteiger partial charge is 0.423 e. The maximum atomic E-state index is 5.90. The van der Waals surface area contributed by atoms with Crippen LogP contribution in [0.15, 0.2) is 29.0 Å². The van der Waals surface area contributed by atoms with Crippen molar-refractivity contribution < 1.29 is 4.42 Å². The van der Waals surface area contributed by atoms with Crippen LogP contribution in [0.2, 0.25) is 5.02 Å². The first-order chi connectivity index (χ1) is 6.27. The number of rotatable bonds is 1. The molecule has 1 aromatic heterocycles. The minimum atomic E-state index is 0.373. The van der Waals surface area contributed by atoms with E-state index in [4.69, 9.17) is 21.8 Å². The van der Waals surface area contributed by atoms with Gasteiger partial charge in [-0.3, -0.25) is 0 Å². The summed E-state index contributed by atoms with van der Waals surface area (Å²) in [4.78, 5) is 0. The maximum Gasteiger partial charge on any atom is 0.249 e. The fraction of sp³-hybridized carbons (Fsp3) is 0. The van der Waals surface area contributed by atoms with E-state index in [0.29, 0.717) is 22.2 Å². The van der Waals surface area contributed by atoms with Crippen LogP contribution in [0.5, 0.6) is 0 Å². The van der Waals surface area contributed by atoms with E-state index < -0.39 is 0 Å². The van der Waals surface area contributed by atoms with Gasteiger partial charge in [0.2, 0.25) is 12.3 Å². The zero-order valence-electron chi connectivity index (χ0n) is 6.57. The Morgan fingerprint density at radius 3 is 2.92 bits per heavy atom. The summed E-state index contributed by atoms with van der Waals surface area (Å²) in [6.07, 6.45) is 1.24. The average molecular weight is 196 g/mol. The van der Waals surface area contributed by atoms with E-state index in [2.05, 4.69) is 10.2 Å². The molecule has 0 saturated heterocycles. The Hall–Kier alpha value is -1.55. The molecule has 2 N–H and O–H groups in total. The zero-order valence-corrected chi connectivity index (χ0v) is 7.32. The first-order valence-corrected chi connectivity index (χ1v) is 3.97. The van der Waals surface area contributed by atoms with Crippen LogP contribution < -0.4 is 5.73 Å². The molecule has 0 bridgehead atoms. The zero-order chi connectivity index (χ0) is 9.26. The van der Waals surface area contributed by atoms with Crippen LogP contribution in [-0.2, 0) is 0 Å². The van der Waals surface area contributed by atoms with Crippen LogP contribution in [0.3, 0.4) is 0 Å². The van der Waals surface area contributed by atoms with Crippen LogP contribution in [-0.4, -0.2) is 10.2 Å². The highest BCUT2D eigenvalue weighted by atomic mass is 35.5. The standard InChI is InChI=1S/C8H6ClN3O/c9-7-2-1-5(10)3-6(7)8-12-11-4-13-8/h1-4H,10H2. The SMILES string of the molecule is Nc1ccc(Cl)c(-c2nnco2)c1. The molecule has 0 saturated carbocycles. The number of nitrogens with zero attached hydrogens (tertiary/aromatic N) is 2. The van der Waals surface area contributed by atoms with Gasteiger partial charge < -0.3 is 10.2 Å². The van der Waals surface area contributed by atoms with E-state index in [9.17, 15) is 0 Å². The highest BCUT2D eigenvalue weighted by molar-refractivity contribution is 6.33. The second-order valence-electron chi connectivity index (χ2n) is 2.48.